The number of hydrogen-bond acceptors (Lipinski definition) is 9. The van der Waals surface area contributed by atoms with Crippen LogP contribution in [0.3, 0.4) is 0 Å². The van der Waals surface area contributed by atoms with Gasteiger partial charge in [-0.1, -0.05) is 6.08 Å². The second-order valence-electron chi connectivity index (χ2n) is 8.83. The number of aliphatic imine (C=N–C) groups is 1. The van der Waals surface area contributed by atoms with Crippen molar-refractivity contribution in [2.24, 2.45) is 4.99 Å². The smallest absolute Gasteiger partial charge is 0.229 e. The van der Waals surface area contributed by atoms with Crippen molar-refractivity contribution in [2.45, 2.75) is 19.3 Å². The molecule has 2 N–H and O–H groups in total. The Labute approximate surface area is 206 Å². The van der Waals surface area contributed by atoms with E-state index >= 15 is 0 Å². The Morgan fingerprint density at radius 1 is 1.06 bits per heavy atom. The molecule has 1 fully saturated rings. The lowest BCUT2D eigenvalue weighted by Gasteiger charge is -2.19. The molecule has 0 bridgehead atoms. The average Bonchev–Trinajstić information content (AvgIpc) is 3.58. The maximum Gasteiger partial charge on any atom is 0.229 e. The fourth-order valence-corrected chi connectivity index (χ4v) is 4.47. The van der Waals surface area contributed by atoms with E-state index in [0.717, 1.165) is 43.4 Å². The molecule has 184 valence electrons. The maximum absolute atomic E-state index is 6.06. The Kier molecular flexibility index (Phi) is 7.43. The number of amidine groups is 1. The molecule has 0 saturated carbocycles. The lowest BCUT2D eigenvalue weighted by Crippen LogP contribution is -2.24. The van der Waals surface area contributed by atoms with E-state index in [2.05, 4.69) is 53.7 Å². The van der Waals surface area contributed by atoms with Gasteiger partial charge in [-0.25, -0.2) is 4.98 Å². The van der Waals surface area contributed by atoms with Crippen LogP contribution < -0.4 is 20.1 Å². The van der Waals surface area contributed by atoms with Crippen molar-refractivity contribution >= 4 is 23.3 Å². The Morgan fingerprint density at radius 3 is 2.86 bits per heavy atom. The quantitative estimate of drug-likeness (QED) is 0.476. The van der Waals surface area contributed by atoms with E-state index in [0.29, 0.717) is 30.6 Å². The standard InChI is InChI=1S/C26H33N7O2/c1-34-22-7-6-21(17-23(22)35-16-4-14-32-12-2-3-13-32)30-26-28-10-9-24(31-26)29-18-20-5-8-25-27-11-15-33(25)19-20/h5-10,17,19H,2-4,11-16,18H2,1H3,(H2,28,29,30,31). The lowest BCUT2D eigenvalue weighted by atomic mass is 10.2. The average molecular weight is 476 g/mol. The van der Waals surface area contributed by atoms with Crippen molar-refractivity contribution in [3.05, 3.63) is 54.4 Å². The third-order valence-electron chi connectivity index (χ3n) is 6.30. The molecule has 9 nitrogen and oxygen atoms in total. The first-order chi connectivity index (χ1) is 17.3. The zero-order valence-electron chi connectivity index (χ0n) is 20.2. The van der Waals surface area contributed by atoms with Gasteiger partial charge >= 0.3 is 0 Å². The first-order valence-corrected chi connectivity index (χ1v) is 12.3. The number of aromatic nitrogens is 2. The zero-order valence-corrected chi connectivity index (χ0v) is 20.2. The number of hydrogen-bond donors (Lipinski definition) is 2. The van der Waals surface area contributed by atoms with E-state index in [-0.39, 0.29) is 0 Å². The molecule has 0 radical (unpaired) electrons. The van der Waals surface area contributed by atoms with Gasteiger partial charge < -0.3 is 29.9 Å². The number of rotatable bonds is 11. The number of benzene rings is 1. The molecule has 35 heavy (non-hydrogen) atoms. The minimum absolute atomic E-state index is 0.516. The van der Waals surface area contributed by atoms with Crippen LogP contribution in [0.2, 0.25) is 0 Å². The summed E-state index contributed by atoms with van der Waals surface area (Å²) in [6.45, 7) is 6.62. The summed E-state index contributed by atoms with van der Waals surface area (Å²) < 4.78 is 11.5. The van der Waals surface area contributed by atoms with Gasteiger partial charge in [0.05, 0.1) is 20.3 Å². The number of likely N-dealkylation sites (tertiary alicyclic amines) is 1. The molecule has 3 aliphatic rings. The number of methoxy groups -OCH3 is 1. The molecule has 2 aromatic rings. The fraction of sp³-hybridized carbons (Fsp3) is 0.423. The topological polar surface area (TPSA) is 87.1 Å². The second kappa shape index (κ2) is 11.2. The van der Waals surface area contributed by atoms with E-state index in [9.17, 15) is 0 Å². The molecule has 4 heterocycles. The molecular formula is C26H33N7O2. The number of ether oxygens (including phenoxy) is 2. The van der Waals surface area contributed by atoms with E-state index in [1.165, 1.54) is 31.5 Å². The molecule has 9 heteroatoms. The van der Waals surface area contributed by atoms with Crippen molar-refractivity contribution in [3.8, 4) is 11.5 Å². The van der Waals surface area contributed by atoms with Gasteiger partial charge in [0, 0.05) is 43.8 Å². The number of fused-ring (bicyclic) bond motifs is 1. The Bertz CT molecular complexity index is 1110. The van der Waals surface area contributed by atoms with Crippen LogP contribution in [0.25, 0.3) is 0 Å². The Balaban J connectivity index is 1.16. The van der Waals surface area contributed by atoms with Crippen LogP contribution in [0.5, 0.6) is 11.5 Å². The summed E-state index contributed by atoms with van der Waals surface area (Å²) in [7, 11) is 1.66. The third-order valence-corrected chi connectivity index (χ3v) is 6.30. The first kappa shape index (κ1) is 23.2. The van der Waals surface area contributed by atoms with Crippen molar-refractivity contribution in [2.75, 3.05) is 63.6 Å². The summed E-state index contributed by atoms with van der Waals surface area (Å²) in [4.78, 5) is 18.1. The van der Waals surface area contributed by atoms with Crippen molar-refractivity contribution in [3.63, 3.8) is 0 Å². The first-order valence-electron chi connectivity index (χ1n) is 12.3. The lowest BCUT2D eigenvalue weighted by molar-refractivity contribution is 0.254. The highest BCUT2D eigenvalue weighted by molar-refractivity contribution is 5.96. The number of nitrogens with zero attached hydrogens (tertiary/aromatic N) is 5. The van der Waals surface area contributed by atoms with E-state index < -0.39 is 0 Å². The van der Waals surface area contributed by atoms with Crippen LogP contribution in [-0.4, -0.2) is 78.6 Å². The predicted molar refractivity (Wildman–Crippen MR) is 139 cm³/mol. The second-order valence-corrected chi connectivity index (χ2v) is 8.83. The Hall–Kier alpha value is -3.59. The summed E-state index contributed by atoms with van der Waals surface area (Å²) in [5, 5.41) is 6.66. The van der Waals surface area contributed by atoms with Crippen LogP contribution in [0.15, 0.2) is 59.4 Å². The minimum Gasteiger partial charge on any atom is -0.493 e. The molecule has 1 aromatic heterocycles. The van der Waals surface area contributed by atoms with Gasteiger partial charge in [0.2, 0.25) is 5.95 Å². The molecule has 0 atom stereocenters. The van der Waals surface area contributed by atoms with Crippen molar-refractivity contribution in [1.82, 2.24) is 19.8 Å². The van der Waals surface area contributed by atoms with Gasteiger partial charge in [0.25, 0.3) is 0 Å². The van der Waals surface area contributed by atoms with Crippen LogP contribution in [0, 0.1) is 0 Å². The van der Waals surface area contributed by atoms with Crippen molar-refractivity contribution in [1.29, 1.82) is 0 Å². The molecule has 0 unspecified atom stereocenters. The summed E-state index contributed by atoms with van der Waals surface area (Å²) in [6, 6.07) is 7.64. The maximum atomic E-state index is 6.06. The molecule has 3 aliphatic heterocycles. The molecular weight excluding hydrogens is 442 g/mol. The molecule has 0 aliphatic carbocycles. The fourth-order valence-electron chi connectivity index (χ4n) is 4.47. The van der Waals surface area contributed by atoms with Crippen molar-refractivity contribution < 1.29 is 9.47 Å². The van der Waals surface area contributed by atoms with E-state index in [1.54, 1.807) is 13.3 Å². The summed E-state index contributed by atoms with van der Waals surface area (Å²) in [5.41, 5.74) is 2.02. The highest BCUT2D eigenvalue weighted by Crippen LogP contribution is 2.31. The van der Waals surface area contributed by atoms with Crippen LogP contribution in [0.1, 0.15) is 19.3 Å². The Morgan fingerprint density at radius 2 is 1.97 bits per heavy atom. The summed E-state index contributed by atoms with van der Waals surface area (Å²) in [5.74, 6) is 3.74. The molecule has 5 rings (SSSR count). The summed E-state index contributed by atoms with van der Waals surface area (Å²) in [6.07, 6.45) is 11.7. The molecule has 0 amide bonds. The zero-order chi connectivity index (χ0) is 23.9. The molecule has 0 spiro atoms. The highest BCUT2D eigenvalue weighted by atomic mass is 16.5. The number of anilines is 3. The largest absolute Gasteiger partial charge is 0.493 e. The van der Waals surface area contributed by atoms with Crippen LogP contribution in [0.4, 0.5) is 17.5 Å². The molecule has 1 aromatic carbocycles. The van der Waals surface area contributed by atoms with E-state index in [1.807, 2.05) is 24.3 Å². The van der Waals surface area contributed by atoms with Gasteiger partial charge in [-0.2, -0.15) is 4.98 Å². The van der Waals surface area contributed by atoms with Crippen LogP contribution >= 0.6 is 0 Å². The van der Waals surface area contributed by atoms with Gasteiger partial charge in [-0.15, -0.1) is 0 Å². The van der Waals surface area contributed by atoms with E-state index in [4.69, 9.17) is 9.47 Å². The van der Waals surface area contributed by atoms with Gasteiger partial charge in [0.1, 0.15) is 11.7 Å². The van der Waals surface area contributed by atoms with Crippen LogP contribution in [-0.2, 0) is 0 Å². The minimum atomic E-state index is 0.516. The SMILES string of the molecule is COc1ccc(Nc2nccc(NCC3=CN4CCN=C4C=C3)n2)cc1OCCCN1CCCC1. The van der Waals surface area contributed by atoms with Gasteiger partial charge in [-0.3, -0.25) is 4.99 Å². The molecule has 1 saturated heterocycles. The third kappa shape index (κ3) is 6.10. The monoisotopic (exact) mass is 475 g/mol. The van der Waals surface area contributed by atoms with Gasteiger partial charge in [0.15, 0.2) is 11.5 Å². The summed E-state index contributed by atoms with van der Waals surface area (Å²) >= 11 is 0. The number of nitrogens with one attached hydrogen (secondary N) is 2. The normalized spacial score (nSPS) is 17.1. The predicted octanol–water partition coefficient (Wildman–Crippen LogP) is 3.67. The highest BCUT2D eigenvalue weighted by Gasteiger charge is 2.16. The van der Waals surface area contributed by atoms with Gasteiger partial charge in [-0.05, 0) is 62.2 Å².